The van der Waals surface area contributed by atoms with Crippen LogP contribution in [0.4, 0.5) is 25.0 Å². The van der Waals surface area contributed by atoms with E-state index in [4.69, 9.17) is 9.26 Å². The van der Waals surface area contributed by atoms with E-state index in [2.05, 4.69) is 21.3 Å². The Morgan fingerprint density at radius 2 is 1.58 bits per heavy atom. The molecule has 0 bridgehead atoms. The summed E-state index contributed by atoms with van der Waals surface area (Å²) in [5.41, 5.74) is -0.404. The van der Waals surface area contributed by atoms with Gasteiger partial charge in [-0.05, 0) is 75.3 Å². The van der Waals surface area contributed by atoms with E-state index < -0.39 is 134 Å². The molecule has 6 N–H and O–H groups in total. The predicted molar refractivity (Wildman–Crippen MR) is 220 cm³/mol. The van der Waals surface area contributed by atoms with Gasteiger partial charge in [0.15, 0.2) is 0 Å². The summed E-state index contributed by atoms with van der Waals surface area (Å²) >= 11 is 0. The SMILES string of the molecule is C[C@@H]1C[C@H]2C(=O)O[C@@H](C)[C@H](NC(=O)[C@H](Cc3cc(F)cc(F)c3)NC(=O)Nc3ccc([N+](=O)[O-])cc3)C(=O)N3C[C@H](OP(=O)(O)O)C[C@H]3C(=O)N3CCCC[C@H]3C(=O)N[C@@H](C)C(=O)N2C1. The zero-order chi connectivity index (χ0) is 47.5. The van der Waals surface area contributed by atoms with E-state index in [-0.39, 0.29) is 48.8 Å². The average Bonchev–Trinajstić information content (AvgIpc) is 3.83. The molecule has 0 saturated carbocycles. The van der Waals surface area contributed by atoms with Crippen molar-refractivity contribution in [2.24, 2.45) is 5.92 Å². The molecule has 4 aliphatic rings. The Morgan fingerprint density at radius 1 is 0.923 bits per heavy atom. The van der Waals surface area contributed by atoms with Gasteiger partial charge in [-0.25, -0.2) is 22.9 Å². The predicted octanol–water partition coefficient (Wildman–Crippen LogP) is 1.24. The molecule has 6 rings (SSSR count). The highest BCUT2D eigenvalue weighted by Gasteiger charge is 2.50. The minimum Gasteiger partial charge on any atom is -0.458 e. The van der Waals surface area contributed by atoms with Gasteiger partial charge >= 0.3 is 19.8 Å². The fourth-order valence-corrected chi connectivity index (χ4v) is 9.19. The summed E-state index contributed by atoms with van der Waals surface area (Å²) in [5, 5.41) is 21.0. The molecular formula is C40H49F2N8O14P. The second-order valence-electron chi connectivity index (χ2n) is 16.6. The van der Waals surface area contributed by atoms with Gasteiger partial charge in [0.05, 0.1) is 11.0 Å². The summed E-state index contributed by atoms with van der Waals surface area (Å²) in [4.78, 5) is 132. The summed E-state index contributed by atoms with van der Waals surface area (Å²) < 4.78 is 51.6. The standard InChI is InChI=1S/C40H49F2N8O14P/c1-20-12-32-39(56)63-22(3)33(46-34(51)29(15-23-13-24(41)16-25(42)14-23)45-40(57)44-26-7-9-27(10-8-26)50(58)59)38(55)49-19-28(64-65(60,61)62)17-31(49)37(54)47-11-5-4-6-30(47)35(52)43-21(2)36(53)48(32)18-20/h7-10,13-14,16,20-22,28-33H,4-6,11-12,15,17-19H2,1-3H3,(H,43,52)(H,46,51)(H2,44,45,57)(H2,60,61,62)/t20-,21+,22+,28-,29+,30+,31+,32+,33+/m1/s1. The molecule has 4 aliphatic heterocycles. The molecule has 2 aromatic rings. The number of halogens is 2. The van der Waals surface area contributed by atoms with Crippen molar-refractivity contribution < 1.29 is 70.9 Å². The third kappa shape index (κ3) is 11.8. The van der Waals surface area contributed by atoms with E-state index in [0.717, 1.165) is 29.2 Å². The molecule has 4 saturated heterocycles. The highest BCUT2D eigenvalue weighted by molar-refractivity contribution is 7.46. The fourth-order valence-electron chi connectivity index (χ4n) is 8.65. The maximum atomic E-state index is 14.9. The molecular weight excluding hydrogens is 885 g/mol. The van der Waals surface area contributed by atoms with Crippen LogP contribution < -0.4 is 21.3 Å². The number of phosphoric acid groups is 1. The molecule has 0 unspecified atom stereocenters. The Kier molecular flexibility index (Phi) is 14.9. The van der Waals surface area contributed by atoms with Crippen LogP contribution in [-0.2, 0) is 49.0 Å². The smallest absolute Gasteiger partial charge is 0.458 e. The van der Waals surface area contributed by atoms with Gasteiger partial charge in [-0.15, -0.1) is 0 Å². The van der Waals surface area contributed by atoms with Crippen molar-refractivity contribution in [3.05, 3.63) is 69.8 Å². The van der Waals surface area contributed by atoms with Gasteiger partial charge in [-0.2, -0.15) is 0 Å². The Bertz CT molecular complexity index is 2250. The first-order chi connectivity index (χ1) is 30.6. The molecule has 352 valence electrons. The quantitative estimate of drug-likeness (QED) is 0.0893. The van der Waals surface area contributed by atoms with Crippen molar-refractivity contribution in [2.75, 3.05) is 25.0 Å². The molecule has 4 heterocycles. The Balaban J connectivity index is 1.39. The van der Waals surface area contributed by atoms with Crippen LogP contribution in [0.3, 0.4) is 0 Å². The minimum absolute atomic E-state index is 0.0254. The van der Waals surface area contributed by atoms with Crippen molar-refractivity contribution in [2.45, 2.75) is 108 Å². The van der Waals surface area contributed by atoms with Crippen LogP contribution in [0.1, 0.15) is 58.4 Å². The average molecular weight is 935 g/mol. The number of hydrogen-bond acceptors (Lipinski definition) is 12. The number of benzene rings is 2. The van der Waals surface area contributed by atoms with Gasteiger partial charge in [-0.3, -0.25) is 38.6 Å². The number of phosphoric ester groups is 1. The normalized spacial score (nSPS) is 27.2. The number of amides is 7. The molecule has 65 heavy (non-hydrogen) atoms. The van der Waals surface area contributed by atoms with Crippen LogP contribution in [0.25, 0.3) is 0 Å². The zero-order valence-electron chi connectivity index (χ0n) is 35.4. The van der Waals surface area contributed by atoms with Crippen molar-refractivity contribution in [1.82, 2.24) is 30.7 Å². The number of nitrogens with one attached hydrogen (secondary N) is 4. The lowest BCUT2D eigenvalue weighted by molar-refractivity contribution is -0.384. The molecule has 9 atom stereocenters. The molecule has 0 radical (unpaired) electrons. The number of non-ortho nitro benzene ring substituents is 1. The van der Waals surface area contributed by atoms with Gasteiger partial charge in [0.2, 0.25) is 29.5 Å². The van der Waals surface area contributed by atoms with Crippen molar-refractivity contribution in [3.8, 4) is 0 Å². The number of nitro benzene ring substituents is 1. The van der Waals surface area contributed by atoms with Gasteiger partial charge in [0.25, 0.3) is 5.69 Å². The molecule has 0 aromatic heterocycles. The number of rotatable bonds is 9. The number of esters is 1. The largest absolute Gasteiger partial charge is 0.469 e. The van der Waals surface area contributed by atoms with Crippen molar-refractivity contribution >= 4 is 60.7 Å². The number of urea groups is 1. The lowest BCUT2D eigenvalue weighted by atomic mass is 9.98. The van der Waals surface area contributed by atoms with Crippen LogP contribution in [0.2, 0.25) is 0 Å². The van der Waals surface area contributed by atoms with Crippen LogP contribution in [0, 0.1) is 27.7 Å². The maximum absolute atomic E-state index is 14.9. The number of carbonyl (C=O) groups excluding carboxylic acids is 7. The van der Waals surface area contributed by atoms with E-state index in [9.17, 15) is 66.8 Å². The molecule has 0 spiro atoms. The van der Waals surface area contributed by atoms with Crippen molar-refractivity contribution in [3.63, 3.8) is 0 Å². The number of hydrogen-bond donors (Lipinski definition) is 6. The summed E-state index contributed by atoms with van der Waals surface area (Å²) in [6.45, 7) is 3.90. The van der Waals surface area contributed by atoms with Crippen LogP contribution in [0.5, 0.6) is 0 Å². The first kappa shape index (κ1) is 48.4. The van der Waals surface area contributed by atoms with Crippen LogP contribution >= 0.6 is 7.82 Å². The maximum Gasteiger partial charge on any atom is 0.469 e. The van der Waals surface area contributed by atoms with E-state index >= 15 is 0 Å². The van der Waals surface area contributed by atoms with E-state index in [0.29, 0.717) is 18.9 Å². The fraction of sp³-hybridized carbons (Fsp3) is 0.525. The molecule has 25 heteroatoms. The van der Waals surface area contributed by atoms with Gasteiger partial charge in [-0.1, -0.05) is 6.92 Å². The van der Waals surface area contributed by atoms with Gasteiger partial charge in [0.1, 0.15) is 54.0 Å². The van der Waals surface area contributed by atoms with Crippen LogP contribution in [0.15, 0.2) is 42.5 Å². The zero-order valence-corrected chi connectivity index (χ0v) is 36.3. The van der Waals surface area contributed by atoms with E-state index in [1.165, 1.54) is 35.8 Å². The number of ether oxygens (including phenoxy) is 1. The second kappa shape index (κ2) is 20.0. The number of carbonyl (C=O) groups is 7. The van der Waals surface area contributed by atoms with Gasteiger partial charge < -0.3 is 50.5 Å². The first-order valence-corrected chi connectivity index (χ1v) is 22.3. The number of nitro groups is 1. The number of cyclic esters (lactones) is 1. The highest BCUT2D eigenvalue weighted by atomic mass is 31.2. The number of piperidine rings is 1. The third-order valence-corrected chi connectivity index (χ3v) is 12.2. The number of fused-ring (bicyclic) bond motifs is 3. The Hall–Kier alpha value is -6.10. The second-order valence-corrected chi connectivity index (χ2v) is 17.8. The third-order valence-electron chi connectivity index (χ3n) is 11.7. The van der Waals surface area contributed by atoms with E-state index in [1.807, 2.05) is 0 Å². The lowest BCUT2D eigenvalue weighted by Gasteiger charge is -2.39. The summed E-state index contributed by atoms with van der Waals surface area (Å²) in [5.74, 6) is -7.76. The molecule has 4 fully saturated rings. The summed E-state index contributed by atoms with van der Waals surface area (Å²) in [7, 11) is -5.24. The molecule has 0 aliphatic carbocycles. The summed E-state index contributed by atoms with van der Waals surface area (Å²) in [6.07, 6.45) is -2.98. The monoisotopic (exact) mass is 934 g/mol. The van der Waals surface area contributed by atoms with Crippen LogP contribution in [-0.4, -0.2) is 139 Å². The lowest BCUT2D eigenvalue weighted by Crippen LogP contribution is -2.63. The molecule has 2 aromatic carbocycles. The first-order valence-electron chi connectivity index (χ1n) is 20.8. The van der Waals surface area contributed by atoms with Gasteiger partial charge in [0, 0.05) is 56.4 Å². The number of anilines is 1. The number of nitrogens with zero attached hydrogens (tertiary/aromatic N) is 4. The Morgan fingerprint density at radius 3 is 2.23 bits per heavy atom. The molecule has 22 nitrogen and oxygen atoms in total. The van der Waals surface area contributed by atoms with Crippen molar-refractivity contribution in [1.29, 1.82) is 0 Å². The summed E-state index contributed by atoms with van der Waals surface area (Å²) in [6, 6.07) is -3.01. The highest BCUT2D eigenvalue weighted by Crippen LogP contribution is 2.41. The van der Waals surface area contributed by atoms with E-state index in [1.54, 1.807) is 6.92 Å². The molecule has 7 amide bonds. The minimum atomic E-state index is -5.24. The topological polar surface area (TPSA) is 296 Å². The Labute approximate surface area is 370 Å².